The first-order valence-electron chi connectivity index (χ1n) is 12.2. The second kappa shape index (κ2) is 11.0. The Morgan fingerprint density at radius 3 is 2.32 bits per heavy atom. The van der Waals surface area contributed by atoms with E-state index in [2.05, 4.69) is 32.7 Å². The molecule has 37 heavy (non-hydrogen) atoms. The average Bonchev–Trinajstić information content (AvgIpc) is 2.95. The van der Waals surface area contributed by atoms with Gasteiger partial charge in [-0.15, -0.1) is 0 Å². The number of aromatic nitrogens is 2. The van der Waals surface area contributed by atoms with Crippen LogP contribution in [0.25, 0.3) is 22.0 Å². The number of hydrogen-bond donors (Lipinski definition) is 2. The van der Waals surface area contributed by atoms with Gasteiger partial charge >= 0.3 is 0 Å². The summed E-state index contributed by atoms with van der Waals surface area (Å²) in [5.74, 6) is -0.0892. The van der Waals surface area contributed by atoms with Crippen LogP contribution < -0.4 is 10.6 Å². The molecule has 1 heterocycles. The molecule has 0 aliphatic carbocycles. The lowest BCUT2D eigenvalue weighted by Gasteiger charge is -2.14. The maximum atomic E-state index is 14.7. The second-order valence-electron chi connectivity index (χ2n) is 8.95. The number of benzene rings is 4. The number of halogens is 1. The summed E-state index contributed by atoms with van der Waals surface area (Å²) in [5, 5.41) is 7.16. The van der Waals surface area contributed by atoms with Gasteiger partial charge < -0.3 is 10.6 Å². The number of hydrogen-bond acceptors (Lipinski definition) is 4. The number of amides is 1. The minimum Gasteiger partial charge on any atom is -0.365 e. The zero-order valence-corrected chi connectivity index (χ0v) is 20.5. The molecule has 0 spiro atoms. The summed E-state index contributed by atoms with van der Waals surface area (Å²) in [6.07, 6.45) is 1.55. The van der Waals surface area contributed by atoms with E-state index in [0.717, 1.165) is 39.0 Å². The highest BCUT2D eigenvalue weighted by atomic mass is 19.1. The van der Waals surface area contributed by atoms with E-state index in [1.807, 2.05) is 73.7 Å². The van der Waals surface area contributed by atoms with Gasteiger partial charge in [0, 0.05) is 24.0 Å². The highest BCUT2D eigenvalue weighted by Gasteiger charge is 2.16. The van der Waals surface area contributed by atoms with Gasteiger partial charge in [0.15, 0.2) is 0 Å². The Morgan fingerprint density at radius 1 is 0.838 bits per heavy atom. The molecule has 0 saturated heterocycles. The van der Waals surface area contributed by atoms with Crippen molar-refractivity contribution in [1.82, 2.24) is 15.3 Å². The lowest BCUT2D eigenvalue weighted by atomic mass is 9.99. The van der Waals surface area contributed by atoms with Crippen LogP contribution in [0.4, 0.5) is 10.2 Å². The number of rotatable bonds is 8. The van der Waals surface area contributed by atoms with E-state index in [1.165, 1.54) is 6.07 Å². The molecule has 0 fully saturated rings. The van der Waals surface area contributed by atoms with Crippen molar-refractivity contribution in [1.29, 1.82) is 0 Å². The molecule has 4 aromatic carbocycles. The maximum absolute atomic E-state index is 14.7. The fourth-order valence-electron chi connectivity index (χ4n) is 4.28. The highest BCUT2D eigenvalue weighted by Crippen LogP contribution is 2.28. The van der Waals surface area contributed by atoms with Crippen molar-refractivity contribution in [2.45, 2.75) is 25.9 Å². The van der Waals surface area contributed by atoms with Crippen LogP contribution in [0.15, 0.2) is 103 Å². The molecule has 184 valence electrons. The van der Waals surface area contributed by atoms with Crippen LogP contribution in [0, 0.1) is 5.82 Å². The van der Waals surface area contributed by atoms with Crippen LogP contribution in [0.2, 0.25) is 0 Å². The number of nitrogens with one attached hydrogen (secondary N) is 2. The predicted octanol–water partition coefficient (Wildman–Crippen LogP) is 6.47. The molecule has 5 aromatic rings. The molecule has 0 radical (unpaired) electrons. The number of carbonyl (C=O) groups is 1. The van der Waals surface area contributed by atoms with Gasteiger partial charge in [0.2, 0.25) is 5.91 Å². The van der Waals surface area contributed by atoms with Gasteiger partial charge in [-0.25, -0.2) is 14.4 Å². The van der Waals surface area contributed by atoms with Crippen molar-refractivity contribution in [3.8, 4) is 11.1 Å². The van der Waals surface area contributed by atoms with Crippen LogP contribution in [0.1, 0.15) is 29.5 Å². The summed E-state index contributed by atoms with van der Waals surface area (Å²) < 4.78 is 14.7. The van der Waals surface area contributed by atoms with E-state index in [1.54, 1.807) is 18.5 Å². The van der Waals surface area contributed by atoms with Gasteiger partial charge in [0.25, 0.3) is 0 Å². The third-order valence-electron chi connectivity index (χ3n) is 6.46. The Bertz CT molecular complexity index is 1520. The summed E-state index contributed by atoms with van der Waals surface area (Å²) in [4.78, 5) is 21.5. The number of nitrogens with zero attached hydrogens (tertiary/aromatic N) is 2. The Morgan fingerprint density at radius 2 is 1.54 bits per heavy atom. The number of carbonyl (C=O) groups excluding carboxylic acids is 1. The molecule has 1 amide bonds. The van der Waals surface area contributed by atoms with E-state index in [4.69, 9.17) is 0 Å². The topological polar surface area (TPSA) is 66.9 Å². The Kier molecular flexibility index (Phi) is 7.17. The quantitative estimate of drug-likeness (QED) is 0.262. The second-order valence-corrected chi connectivity index (χ2v) is 8.95. The first-order chi connectivity index (χ1) is 18.1. The molecule has 0 bridgehead atoms. The summed E-state index contributed by atoms with van der Waals surface area (Å²) in [5.41, 5.74) is 5.08. The molecule has 0 aliphatic rings. The predicted molar refractivity (Wildman–Crippen MR) is 145 cm³/mol. The maximum Gasteiger partial charge on any atom is 0.227 e. The van der Waals surface area contributed by atoms with Gasteiger partial charge in [-0.2, -0.15) is 0 Å². The number of fused-ring (bicyclic) bond motifs is 1. The van der Waals surface area contributed by atoms with Gasteiger partial charge in [-0.05, 0) is 53.4 Å². The van der Waals surface area contributed by atoms with Crippen molar-refractivity contribution >= 4 is 22.6 Å². The Balaban J connectivity index is 1.36. The highest BCUT2D eigenvalue weighted by molar-refractivity contribution is 5.92. The molecule has 1 atom stereocenters. The normalized spacial score (nSPS) is 11.7. The molecule has 1 unspecified atom stereocenters. The van der Waals surface area contributed by atoms with Gasteiger partial charge in [0.05, 0.1) is 11.4 Å². The number of anilines is 1. The van der Waals surface area contributed by atoms with Crippen LogP contribution in [0.3, 0.4) is 0 Å². The monoisotopic (exact) mass is 490 g/mol. The zero-order valence-electron chi connectivity index (χ0n) is 20.5. The van der Waals surface area contributed by atoms with Crippen molar-refractivity contribution in [2.24, 2.45) is 0 Å². The van der Waals surface area contributed by atoms with Crippen LogP contribution >= 0.6 is 0 Å². The summed E-state index contributed by atoms with van der Waals surface area (Å²) >= 11 is 0. The minimum absolute atomic E-state index is 0.107. The summed E-state index contributed by atoms with van der Waals surface area (Å²) in [6, 6.07) is 30.5. The van der Waals surface area contributed by atoms with E-state index < -0.39 is 0 Å². The van der Waals surface area contributed by atoms with Crippen molar-refractivity contribution in [2.75, 3.05) is 5.32 Å². The third kappa shape index (κ3) is 5.64. The third-order valence-corrected chi connectivity index (χ3v) is 6.46. The van der Waals surface area contributed by atoms with E-state index in [9.17, 15) is 9.18 Å². The molecule has 6 heteroatoms. The molecular weight excluding hydrogens is 463 g/mol. The van der Waals surface area contributed by atoms with E-state index in [0.29, 0.717) is 12.1 Å². The van der Waals surface area contributed by atoms with Crippen molar-refractivity contribution in [3.05, 3.63) is 126 Å². The fourth-order valence-corrected chi connectivity index (χ4v) is 4.28. The molecule has 1 aromatic heterocycles. The lowest BCUT2D eigenvalue weighted by molar-refractivity contribution is -0.122. The fraction of sp³-hybridized carbons (Fsp3) is 0.129. The SMILES string of the molecule is CC(C(=O)NCc1cc(-c2ccc3ncnc(NCc4ccccc4)c3c2)ccc1F)c1ccccc1. The molecule has 0 saturated carbocycles. The van der Waals surface area contributed by atoms with E-state index >= 15 is 0 Å². The molecule has 0 aliphatic heterocycles. The Hall–Kier alpha value is -4.58. The lowest BCUT2D eigenvalue weighted by Crippen LogP contribution is -2.27. The van der Waals surface area contributed by atoms with Gasteiger partial charge in [-0.3, -0.25) is 4.79 Å². The van der Waals surface area contributed by atoms with Crippen molar-refractivity contribution in [3.63, 3.8) is 0 Å². The van der Waals surface area contributed by atoms with Crippen molar-refractivity contribution < 1.29 is 9.18 Å². The van der Waals surface area contributed by atoms with Crippen LogP contribution in [0.5, 0.6) is 0 Å². The summed E-state index contributed by atoms with van der Waals surface area (Å²) in [7, 11) is 0. The largest absolute Gasteiger partial charge is 0.365 e. The van der Waals surface area contributed by atoms with Crippen LogP contribution in [-0.2, 0) is 17.9 Å². The van der Waals surface area contributed by atoms with Gasteiger partial charge in [0.1, 0.15) is 18.0 Å². The standard InChI is InChI=1S/C31H27FN4O/c1-21(23-10-6-3-7-11-23)31(37)34-19-26-16-24(12-14-28(26)32)25-13-15-29-27(17-25)30(36-20-35-29)33-18-22-8-4-2-5-9-22/h2-17,20-21H,18-19H2,1H3,(H,34,37)(H,33,35,36). The first-order valence-corrected chi connectivity index (χ1v) is 12.2. The smallest absolute Gasteiger partial charge is 0.227 e. The average molecular weight is 491 g/mol. The van der Waals surface area contributed by atoms with Crippen LogP contribution in [-0.4, -0.2) is 15.9 Å². The molecule has 5 rings (SSSR count). The molecule has 2 N–H and O–H groups in total. The Labute approximate surface area is 215 Å². The molecule has 5 nitrogen and oxygen atoms in total. The zero-order chi connectivity index (χ0) is 25.6. The first kappa shape index (κ1) is 24.1. The van der Waals surface area contributed by atoms with E-state index in [-0.39, 0.29) is 24.2 Å². The minimum atomic E-state index is -0.356. The van der Waals surface area contributed by atoms with Gasteiger partial charge in [-0.1, -0.05) is 72.8 Å². The molecular formula is C31H27FN4O. The summed E-state index contributed by atoms with van der Waals surface area (Å²) in [6.45, 7) is 2.59.